The molecule has 0 aromatic heterocycles. The summed E-state index contributed by atoms with van der Waals surface area (Å²) in [6.45, 7) is 2.90. The first-order valence-corrected chi connectivity index (χ1v) is 9.90. The number of alkyl halides is 1. The number of piperidine rings is 1. The molecule has 26 heavy (non-hydrogen) atoms. The molecule has 1 unspecified atom stereocenters. The van der Waals surface area contributed by atoms with E-state index in [2.05, 4.69) is 59.5 Å². The molecule has 0 aliphatic carbocycles. The minimum Gasteiger partial charge on any atom is -0.362 e. The number of rotatable bonds is 6. The van der Waals surface area contributed by atoms with Gasteiger partial charge in [0.15, 0.2) is 0 Å². The second-order valence-corrected chi connectivity index (χ2v) is 7.63. The zero-order valence-electron chi connectivity index (χ0n) is 15.4. The number of likely N-dealkylation sites (tertiary alicyclic amines) is 1. The quantitative estimate of drug-likeness (QED) is 0.646. The average molecular weight is 352 g/mol. The Morgan fingerprint density at radius 2 is 1.69 bits per heavy atom. The van der Waals surface area contributed by atoms with Gasteiger partial charge in [-0.05, 0) is 48.8 Å². The minimum atomic E-state index is -0.228. The summed E-state index contributed by atoms with van der Waals surface area (Å²) >= 11 is 0. The Bertz CT molecular complexity index is 709. The highest BCUT2D eigenvalue weighted by molar-refractivity contribution is 5.38. The van der Waals surface area contributed by atoms with Crippen LogP contribution in [0.4, 0.5) is 4.39 Å². The lowest BCUT2D eigenvalue weighted by atomic mass is 9.83. The molecule has 2 nitrogen and oxygen atoms in total. The van der Waals surface area contributed by atoms with E-state index in [-0.39, 0.29) is 18.4 Å². The van der Waals surface area contributed by atoms with Crippen LogP contribution in [0.5, 0.6) is 0 Å². The fourth-order valence-electron chi connectivity index (χ4n) is 4.53. The monoisotopic (exact) mass is 352 g/mol. The molecule has 1 atom stereocenters. The van der Waals surface area contributed by atoms with Crippen molar-refractivity contribution in [2.75, 3.05) is 19.8 Å². The van der Waals surface area contributed by atoms with Crippen molar-refractivity contribution in [2.45, 2.75) is 50.4 Å². The highest BCUT2D eigenvalue weighted by Gasteiger charge is 2.46. The molecule has 4 rings (SSSR count). The van der Waals surface area contributed by atoms with Crippen molar-refractivity contribution in [3.63, 3.8) is 0 Å². The fraction of sp³-hybridized carbons (Fsp3) is 0.478. The first kappa shape index (κ1) is 17.7. The molecule has 1 spiro atoms. The molecule has 3 heteroatoms. The van der Waals surface area contributed by atoms with Gasteiger partial charge in [0.05, 0.1) is 18.4 Å². The largest absolute Gasteiger partial charge is 0.362 e. The van der Waals surface area contributed by atoms with Gasteiger partial charge in [-0.3, -0.25) is 9.29 Å². The first-order valence-electron chi connectivity index (χ1n) is 9.90. The number of hydrogen-bond donors (Lipinski definition) is 0. The van der Waals surface area contributed by atoms with Gasteiger partial charge in [-0.2, -0.15) is 0 Å². The standard InChI is InChI=1S/C23H28FNO/c24-15-7-6-12-22-20-10-4-5-11-21(20)23(26-22)13-16-25(17-14-23)18-19-8-2-1-3-9-19/h1-5,8-11,22H,6-7,12-18H2/i24-1. The average Bonchev–Trinajstić information content (AvgIpc) is 2.99. The summed E-state index contributed by atoms with van der Waals surface area (Å²) in [6, 6.07) is 19.4. The Morgan fingerprint density at radius 1 is 0.962 bits per heavy atom. The number of hydrogen-bond acceptors (Lipinski definition) is 2. The molecule has 1 saturated heterocycles. The Morgan fingerprint density at radius 3 is 2.46 bits per heavy atom. The van der Waals surface area contributed by atoms with E-state index in [0.29, 0.717) is 6.42 Å². The number of fused-ring (bicyclic) bond motifs is 2. The van der Waals surface area contributed by atoms with Crippen molar-refractivity contribution in [3.8, 4) is 0 Å². The zero-order chi connectivity index (χ0) is 17.8. The number of nitrogens with zero attached hydrogens (tertiary/aromatic N) is 1. The lowest BCUT2D eigenvalue weighted by molar-refractivity contribution is -0.113. The van der Waals surface area contributed by atoms with Crippen LogP contribution in [0, 0.1) is 0 Å². The summed E-state index contributed by atoms with van der Waals surface area (Å²) in [6.07, 6.45) is 4.67. The minimum absolute atomic E-state index is 0.135. The van der Waals surface area contributed by atoms with E-state index in [1.54, 1.807) is 0 Å². The molecular formula is C23H28FNO. The predicted molar refractivity (Wildman–Crippen MR) is 103 cm³/mol. The third kappa shape index (κ3) is 3.56. The molecule has 0 N–H and O–H groups in total. The van der Waals surface area contributed by atoms with Crippen LogP contribution in [0.15, 0.2) is 54.6 Å². The third-order valence-corrected chi connectivity index (χ3v) is 5.93. The summed E-state index contributed by atoms with van der Waals surface area (Å²) in [4.78, 5) is 2.53. The number of benzene rings is 2. The Hall–Kier alpha value is -1.71. The van der Waals surface area contributed by atoms with E-state index < -0.39 is 0 Å². The maximum absolute atomic E-state index is 12.5. The van der Waals surface area contributed by atoms with Crippen LogP contribution in [0.2, 0.25) is 0 Å². The molecule has 2 aliphatic heterocycles. The van der Waals surface area contributed by atoms with Crippen molar-refractivity contribution in [1.82, 2.24) is 4.90 Å². The summed E-state index contributed by atoms with van der Waals surface area (Å²) < 4.78 is 19.1. The normalized spacial score (nSPS) is 21.8. The second-order valence-electron chi connectivity index (χ2n) is 7.63. The Labute approximate surface area is 156 Å². The van der Waals surface area contributed by atoms with E-state index in [0.717, 1.165) is 45.3 Å². The smallest absolute Gasteiger partial charge is 0.0967 e. The molecule has 0 bridgehead atoms. The van der Waals surface area contributed by atoms with Crippen LogP contribution in [-0.4, -0.2) is 24.7 Å². The van der Waals surface area contributed by atoms with Crippen molar-refractivity contribution >= 4 is 0 Å². The fourth-order valence-corrected chi connectivity index (χ4v) is 4.53. The molecule has 0 radical (unpaired) electrons. The van der Waals surface area contributed by atoms with Crippen LogP contribution >= 0.6 is 0 Å². The van der Waals surface area contributed by atoms with Gasteiger partial charge < -0.3 is 4.74 Å². The highest BCUT2D eigenvalue weighted by Crippen LogP contribution is 2.50. The van der Waals surface area contributed by atoms with Gasteiger partial charge in [0.1, 0.15) is 0 Å². The maximum atomic E-state index is 12.5. The van der Waals surface area contributed by atoms with E-state index >= 15 is 0 Å². The summed E-state index contributed by atoms with van der Waals surface area (Å²) in [7, 11) is 0. The van der Waals surface area contributed by atoms with Gasteiger partial charge in [0.2, 0.25) is 0 Å². The Kier molecular flexibility index (Phi) is 5.37. The second kappa shape index (κ2) is 7.89. The first-order chi connectivity index (χ1) is 12.8. The molecule has 2 aromatic carbocycles. The van der Waals surface area contributed by atoms with Crippen LogP contribution in [0.25, 0.3) is 0 Å². The molecule has 138 valence electrons. The number of unbranched alkanes of at least 4 members (excludes halogenated alkanes) is 1. The highest BCUT2D eigenvalue weighted by atomic mass is 18.2. The maximum Gasteiger partial charge on any atom is 0.0967 e. The van der Waals surface area contributed by atoms with Gasteiger partial charge in [-0.15, -0.1) is 0 Å². The van der Waals surface area contributed by atoms with Gasteiger partial charge >= 0.3 is 0 Å². The summed E-state index contributed by atoms with van der Waals surface area (Å²) in [5.74, 6) is 0. The molecule has 2 aromatic rings. The molecule has 2 heterocycles. The molecular weight excluding hydrogens is 324 g/mol. The summed E-state index contributed by atoms with van der Waals surface area (Å²) in [5, 5.41) is 0. The number of ether oxygens (including phenoxy) is 1. The summed E-state index contributed by atoms with van der Waals surface area (Å²) in [5.41, 5.74) is 3.96. The van der Waals surface area contributed by atoms with E-state index in [1.165, 1.54) is 16.7 Å². The molecule has 0 amide bonds. The van der Waals surface area contributed by atoms with Crippen LogP contribution in [0.1, 0.15) is 54.9 Å². The topological polar surface area (TPSA) is 12.5 Å². The van der Waals surface area contributed by atoms with Crippen LogP contribution in [-0.2, 0) is 16.9 Å². The lowest BCUT2D eigenvalue weighted by Crippen LogP contribution is -2.42. The van der Waals surface area contributed by atoms with Gasteiger partial charge in [-0.25, -0.2) is 0 Å². The number of halogens is 1. The van der Waals surface area contributed by atoms with Crippen LogP contribution in [0.3, 0.4) is 0 Å². The van der Waals surface area contributed by atoms with E-state index in [1.807, 2.05) is 0 Å². The van der Waals surface area contributed by atoms with E-state index in [4.69, 9.17) is 4.74 Å². The van der Waals surface area contributed by atoms with Gasteiger partial charge in [-0.1, -0.05) is 54.6 Å². The van der Waals surface area contributed by atoms with Gasteiger partial charge in [0, 0.05) is 19.6 Å². The van der Waals surface area contributed by atoms with Crippen molar-refractivity contribution < 1.29 is 9.13 Å². The van der Waals surface area contributed by atoms with Crippen LogP contribution < -0.4 is 0 Å². The van der Waals surface area contributed by atoms with Crippen molar-refractivity contribution in [3.05, 3.63) is 71.3 Å². The van der Waals surface area contributed by atoms with Crippen molar-refractivity contribution in [2.24, 2.45) is 0 Å². The van der Waals surface area contributed by atoms with Gasteiger partial charge in [0.25, 0.3) is 0 Å². The molecule has 0 saturated carbocycles. The predicted octanol–water partition coefficient (Wildman–Crippen LogP) is 5.39. The molecule has 2 aliphatic rings. The van der Waals surface area contributed by atoms with E-state index in [9.17, 15) is 4.39 Å². The Balaban J connectivity index is 1.44. The van der Waals surface area contributed by atoms with Crippen molar-refractivity contribution in [1.29, 1.82) is 0 Å². The zero-order valence-corrected chi connectivity index (χ0v) is 15.4. The SMILES string of the molecule is [18F]CCCCC1OC2(CCN(Cc3ccccc3)CC2)c2ccccc21. The molecule has 1 fully saturated rings. The lowest BCUT2D eigenvalue weighted by Gasteiger charge is -2.40. The third-order valence-electron chi connectivity index (χ3n) is 5.93.